The lowest BCUT2D eigenvalue weighted by Crippen LogP contribution is -2.32. The van der Waals surface area contributed by atoms with Crippen molar-refractivity contribution in [1.29, 1.82) is 0 Å². The predicted octanol–water partition coefficient (Wildman–Crippen LogP) is 2.56. The van der Waals surface area contributed by atoms with Crippen molar-refractivity contribution in [1.82, 2.24) is 0 Å². The average Bonchev–Trinajstić information content (AvgIpc) is 3.17. The number of nitrogens with zero attached hydrogens (tertiary/aromatic N) is 2. The summed E-state index contributed by atoms with van der Waals surface area (Å²) in [4.78, 5) is 56.3. The van der Waals surface area contributed by atoms with Crippen molar-refractivity contribution < 1.29 is 43.2 Å². The van der Waals surface area contributed by atoms with Crippen LogP contribution in [0.3, 0.4) is 0 Å². The number of benzene rings is 2. The molecule has 1 aliphatic heterocycles. The van der Waals surface area contributed by atoms with Gasteiger partial charge in [0.15, 0.2) is 0 Å². The molecule has 2 aromatic carbocycles. The maximum atomic E-state index is 12.5. The van der Waals surface area contributed by atoms with Crippen LogP contribution in [0.4, 0.5) is 11.4 Å². The van der Waals surface area contributed by atoms with Crippen LogP contribution in [-0.2, 0) is 23.7 Å². The molecular formula is C21H18N2O11. The summed E-state index contributed by atoms with van der Waals surface area (Å²) in [5.41, 5.74) is -0.299. The van der Waals surface area contributed by atoms with E-state index in [4.69, 9.17) is 18.9 Å². The molecule has 1 fully saturated rings. The summed E-state index contributed by atoms with van der Waals surface area (Å²) >= 11 is 0. The summed E-state index contributed by atoms with van der Waals surface area (Å²) in [5.74, 6) is -2.23. The molecule has 13 nitrogen and oxygen atoms in total. The maximum Gasteiger partial charge on any atom is 0.338 e. The molecule has 0 saturated carbocycles. The van der Waals surface area contributed by atoms with Crippen molar-refractivity contribution in [2.45, 2.75) is 31.8 Å². The van der Waals surface area contributed by atoms with Crippen LogP contribution in [0.2, 0.25) is 0 Å². The zero-order chi connectivity index (χ0) is 24.8. The van der Waals surface area contributed by atoms with E-state index in [1.54, 1.807) is 0 Å². The van der Waals surface area contributed by atoms with Crippen molar-refractivity contribution in [3.8, 4) is 0 Å². The van der Waals surface area contributed by atoms with Gasteiger partial charge in [-0.3, -0.25) is 25.0 Å². The van der Waals surface area contributed by atoms with E-state index >= 15 is 0 Å². The Bertz CT molecular complexity index is 1100. The molecule has 0 aliphatic carbocycles. The Morgan fingerprint density at radius 2 is 1.38 bits per heavy atom. The van der Waals surface area contributed by atoms with Gasteiger partial charge in [-0.25, -0.2) is 9.59 Å². The highest BCUT2D eigenvalue weighted by Crippen LogP contribution is 2.26. The molecule has 0 aromatic heterocycles. The normalized spacial score (nSPS) is 19.1. The van der Waals surface area contributed by atoms with Gasteiger partial charge in [0.25, 0.3) is 11.4 Å². The van der Waals surface area contributed by atoms with E-state index in [1.165, 1.54) is 31.2 Å². The predicted molar refractivity (Wildman–Crippen MR) is 111 cm³/mol. The average molecular weight is 474 g/mol. The molecule has 0 bridgehead atoms. The summed E-state index contributed by atoms with van der Waals surface area (Å²) in [6.45, 7) is 0.801. The number of nitro groups is 2. The number of non-ortho nitro benzene ring substituents is 2. The summed E-state index contributed by atoms with van der Waals surface area (Å²) in [7, 11) is 0. The van der Waals surface area contributed by atoms with Crippen molar-refractivity contribution in [3.63, 3.8) is 0 Å². The lowest BCUT2D eigenvalue weighted by molar-refractivity contribution is -0.385. The van der Waals surface area contributed by atoms with Gasteiger partial charge >= 0.3 is 17.9 Å². The monoisotopic (exact) mass is 474 g/mol. The van der Waals surface area contributed by atoms with Gasteiger partial charge in [-0.05, 0) is 24.3 Å². The molecule has 0 unspecified atom stereocenters. The van der Waals surface area contributed by atoms with Crippen LogP contribution in [0, 0.1) is 20.2 Å². The smallest absolute Gasteiger partial charge is 0.338 e. The van der Waals surface area contributed by atoms with Crippen LogP contribution in [0.1, 0.15) is 34.1 Å². The molecule has 0 radical (unpaired) electrons. The molecular weight excluding hydrogens is 456 g/mol. The largest absolute Gasteiger partial charge is 0.459 e. The Labute approximate surface area is 191 Å². The molecule has 13 heteroatoms. The highest BCUT2D eigenvalue weighted by molar-refractivity contribution is 5.90. The number of rotatable bonds is 8. The Morgan fingerprint density at radius 3 is 1.85 bits per heavy atom. The summed E-state index contributed by atoms with van der Waals surface area (Å²) in [6, 6.07) is 9.49. The molecule has 1 saturated heterocycles. The Balaban J connectivity index is 1.65. The number of carbonyl (C=O) groups is 3. The standard InChI is InChI=1S/C21H18N2O11/c1-12(24)32-19-10-17(34-21(26)14-4-8-16(9-5-14)23(29)30)18(33-19)11-31-20(25)13-2-6-15(7-3-13)22(27)28/h2-9,17-19H,10-11H2,1H3/t17-,18-,19+/m0/s1. The minimum absolute atomic E-state index is 0.0297. The van der Waals surface area contributed by atoms with Gasteiger partial charge in [0, 0.05) is 31.2 Å². The first-order valence-corrected chi connectivity index (χ1v) is 9.83. The van der Waals surface area contributed by atoms with Gasteiger partial charge in [-0.2, -0.15) is 0 Å². The number of nitro benzene ring substituents is 2. The molecule has 3 rings (SSSR count). The lowest BCUT2D eigenvalue weighted by atomic mass is 10.1. The molecule has 0 spiro atoms. The van der Waals surface area contributed by atoms with Gasteiger partial charge in [0.2, 0.25) is 6.29 Å². The van der Waals surface area contributed by atoms with Crippen molar-refractivity contribution in [3.05, 3.63) is 79.9 Å². The summed E-state index contributed by atoms with van der Waals surface area (Å²) in [5, 5.41) is 21.5. The third-order valence-electron chi connectivity index (χ3n) is 4.73. The number of hydrogen-bond donors (Lipinski definition) is 0. The third-order valence-corrected chi connectivity index (χ3v) is 4.73. The first-order valence-electron chi connectivity index (χ1n) is 9.83. The van der Waals surface area contributed by atoms with Crippen LogP contribution >= 0.6 is 0 Å². The van der Waals surface area contributed by atoms with E-state index in [2.05, 4.69) is 0 Å². The van der Waals surface area contributed by atoms with Crippen LogP contribution in [-0.4, -0.2) is 52.9 Å². The van der Waals surface area contributed by atoms with E-state index in [0.29, 0.717) is 0 Å². The molecule has 0 N–H and O–H groups in total. The van der Waals surface area contributed by atoms with Gasteiger partial charge in [-0.15, -0.1) is 0 Å². The molecule has 34 heavy (non-hydrogen) atoms. The fourth-order valence-corrected chi connectivity index (χ4v) is 3.10. The maximum absolute atomic E-state index is 12.5. The van der Waals surface area contributed by atoms with E-state index in [-0.39, 0.29) is 35.5 Å². The second-order valence-corrected chi connectivity index (χ2v) is 7.10. The van der Waals surface area contributed by atoms with E-state index in [0.717, 1.165) is 24.3 Å². The fourth-order valence-electron chi connectivity index (χ4n) is 3.10. The van der Waals surface area contributed by atoms with E-state index in [1.807, 2.05) is 0 Å². The number of esters is 3. The first kappa shape index (κ1) is 24.3. The second kappa shape index (κ2) is 10.5. The first-order chi connectivity index (χ1) is 16.1. The minimum Gasteiger partial charge on any atom is -0.459 e. The van der Waals surface area contributed by atoms with Crippen LogP contribution < -0.4 is 0 Å². The molecule has 1 heterocycles. The third kappa shape index (κ3) is 6.10. The highest BCUT2D eigenvalue weighted by atomic mass is 16.7. The topological polar surface area (TPSA) is 174 Å². The molecule has 1 aliphatic rings. The van der Waals surface area contributed by atoms with Gasteiger partial charge < -0.3 is 18.9 Å². The molecule has 2 aromatic rings. The highest BCUT2D eigenvalue weighted by Gasteiger charge is 2.40. The van der Waals surface area contributed by atoms with Gasteiger partial charge in [0.05, 0.1) is 27.4 Å². The SMILES string of the molecule is CC(=O)O[C@H]1C[C@H](OC(=O)c2ccc([N+](=O)[O-])cc2)[C@H](COC(=O)c2ccc([N+](=O)[O-])cc2)O1. The summed E-state index contributed by atoms with van der Waals surface area (Å²) < 4.78 is 21.1. The van der Waals surface area contributed by atoms with Gasteiger partial charge in [0.1, 0.15) is 18.8 Å². The Kier molecular flexibility index (Phi) is 7.48. The van der Waals surface area contributed by atoms with Crippen molar-refractivity contribution in [2.75, 3.05) is 6.61 Å². The number of hydrogen-bond acceptors (Lipinski definition) is 11. The van der Waals surface area contributed by atoms with Crippen molar-refractivity contribution >= 4 is 29.3 Å². The van der Waals surface area contributed by atoms with Crippen LogP contribution in [0.15, 0.2) is 48.5 Å². The zero-order valence-corrected chi connectivity index (χ0v) is 17.7. The zero-order valence-electron chi connectivity index (χ0n) is 17.7. The number of ether oxygens (including phenoxy) is 4. The quantitative estimate of drug-likeness (QED) is 0.238. The van der Waals surface area contributed by atoms with Crippen molar-refractivity contribution in [2.24, 2.45) is 0 Å². The number of carbonyl (C=O) groups excluding carboxylic acids is 3. The summed E-state index contributed by atoms with van der Waals surface area (Å²) in [6.07, 6.45) is -3.02. The minimum atomic E-state index is -1.05. The Morgan fingerprint density at radius 1 is 0.882 bits per heavy atom. The fraction of sp³-hybridized carbons (Fsp3) is 0.286. The van der Waals surface area contributed by atoms with E-state index < -0.39 is 46.3 Å². The lowest BCUT2D eigenvalue weighted by Gasteiger charge is -2.18. The van der Waals surface area contributed by atoms with Crippen LogP contribution in [0.25, 0.3) is 0 Å². The van der Waals surface area contributed by atoms with Gasteiger partial charge in [-0.1, -0.05) is 0 Å². The Hall–Kier alpha value is -4.39. The van der Waals surface area contributed by atoms with Crippen LogP contribution in [0.5, 0.6) is 0 Å². The molecule has 178 valence electrons. The molecule has 0 amide bonds. The molecule has 3 atom stereocenters. The van der Waals surface area contributed by atoms with E-state index in [9.17, 15) is 34.6 Å². The second-order valence-electron chi connectivity index (χ2n) is 7.10.